The maximum Gasteiger partial charge on any atom is 0.243 e. The Hall–Kier alpha value is -1.57. The fraction of sp³-hybridized carbons (Fsp3) is 0.579. The molecule has 2 rings (SSSR count). The van der Waals surface area contributed by atoms with Crippen LogP contribution in [0.25, 0.3) is 0 Å². The number of nitrogens with one attached hydrogen (secondary N) is 2. The predicted octanol–water partition coefficient (Wildman–Crippen LogP) is 1.58. The van der Waals surface area contributed by atoms with E-state index in [-0.39, 0.29) is 24.3 Å². The zero-order chi connectivity index (χ0) is 19.1. The molecule has 0 aromatic heterocycles. The molecule has 1 aliphatic heterocycles. The van der Waals surface area contributed by atoms with Crippen molar-refractivity contribution in [1.82, 2.24) is 10.2 Å². The SMILES string of the molecule is Cc1cc(CN2CCSCC2)ccc1NC(=O)CNC(=O)[C@@H](N)C(C)C. The Morgan fingerprint density at radius 3 is 2.58 bits per heavy atom. The molecule has 6 nitrogen and oxygen atoms in total. The molecule has 0 unspecified atom stereocenters. The van der Waals surface area contributed by atoms with E-state index in [0.29, 0.717) is 0 Å². The van der Waals surface area contributed by atoms with Crippen LogP contribution in [0.4, 0.5) is 5.69 Å². The van der Waals surface area contributed by atoms with Crippen LogP contribution in [0.1, 0.15) is 25.0 Å². The fourth-order valence-electron chi connectivity index (χ4n) is 2.76. The Balaban J connectivity index is 1.84. The smallest absolute Gasteiger partial charge is 0.243 e. The quantitative estimate of drug-likeness (QED) is 0.671. The summed E-state index contributed by atoms with van der Waals surface area (Å²) in [5, 5.41) is 5.44. The molecule has 0 saturated carbocycles. The Morgan fingerprint density at radius 2 is 1.96 bits per heavy atom. The summed E-state index contributed by atoms with van der Waals surface area (Å²) >= 11 is 2.00. The zero-order valence-corrected chi connectivity index (χ0v) is 16.7. The van der Waals surface area contributed by atoms with Gasteiger partial charge in [-0.15, -0.1) is 0 Å². The summed E-state index contributed by atoms with van der Waals surface area (Å²) < 4.78 is 0. The Labute approximate surface area is 160 Å². The Morgan fingerprint density at radius 1 is 1.27 bits per heavy atom. The molecule has 0 radical (unpaired) electrons. The minimum atomic E-state index is -0.600. The van der Waals surface area contributed by atoms with Gasteiger partial charge >= 0.3 is 0 Å². The lowest BCUT2D eigenvalue weighted by Gasteiger charge is -2.26. The minimum absolute atomic E-state index is 0.0337. The average Bonchev–Trinajstić information content (AvgIpc) is 2.62. The molecule has 2 amide bonds. The van der Waals surface area contributed by atoms with E-state index in [0.717, 1.165) is 30.9 Å². The van der Waals surface area contributed by atoms with E-state index < -0.39 is 6.04 Å². The highest BCUT2D eigenvalue weighted by Gasteiger charge is 2.18. The molecule has 1 aromatic carbocycles. The lowest BCUT2D eigenvalue weighted by molar-refractivity contribution is -0.125. The molecule has 7 heteroatoms. The van der Waals surface area contributed by atoms with Gasteiger partial charge in [-0.1, -0.05) is 26.0 Å². The van der Waals surface area contributed by atoms with Crippen molar-refractivity contribution in [3.05, 3.63) is 29.3 Å². The maximum atomic E-state index is 12.1. The molecular weight excluding hydrogens is 348 g/mol. The number of rotatable bonds is 7. The van der Waals surface area contributed by atoms with Crippen LogP contribution in [0.15, 0.2) is 18.2 Å². The van der Waals surface area contributed by atoms with Crippen molar-refractivity contribution in [2.45, 2.75) is 33.4 Å². The number of benzene rings is 1. The first-order valence-corrected chi connectivity index (χ1v) is 10.2. The number of anilines is 1. The summed E-state index contributed by atoms with van der Waals surface area (Å²) in [6.45, 7) is 8.85. The van der Waals surface area contributed by atoms with Gasteiger partial charge in [0.2, 0.25) is 11.8 Å². The summed E-state index contributed by atoms with van der Waals surface area (Å²) in [5.74, 6) is 1.87. The number of nitrogens with zero attached hydrogens (tertiary/aromatic N) is 1. The molecule has 1 atom stereocenters. The van der Waals surface area contributed by atoms with Gasteiger partial charge in [-0.2, -0.15) is 11.8 Å². The van der Waals surface area contributed by atoms with Gasteiger partial charge in [0.15, 0.2) is 0 Å². The fourth-order valence-corrected chi connectivity index (χ4v) is 3.74. The van der Waals surface area contributed by atoms with E-state index >= 15 is 0 Å². The number of aryl methyl sites for hydroxylation is 1. The molecule has 1 aromatic rings. The van der Waals surface area contributed by atoms with Crippen molar-refractivity contribution >= 4 is 29.3 Å². The number of nitrogens with two attached hydrogens (primary N) is 1. The van der Waals surface area contributed by atoms with Gasteiger partial charge in [-0.3, -0.25) is 14.5 Å². The van der Waals surface area contributed by atoms with Gasteiger partial charge in [0.05, 0.1) is 12.6 Å². The van der Waals surface area contributed by atoms with E-state index in [1.807, 2.05) is 38.6 Å². The van der Waals surface area contributed by atoms with Crippen LogP contribution in [-0.2, 0) is 16.1 Å². The molecule has 1 fully saturated rings. The van der Waals surface area contributed by atoms with Crippen molar-refractivity contribution < 1.29 is 9.59 Å². The van der Waals surface area contributed by atoms with Gasteiger partial charge < -0.3 is 16.4 Å². The van der Waals surface area contributed by atoms with Crippen LogP contribution >= 0.6 is 11.8 Å². The lowest BCUT2D eigenvalue weighted by Crippen LogP contribution is -2.46. The van der Waals surface area contributed by atoms with Gasteiger partial charge in [0, 0.05) is 36.8 Å². The van der Waals surface area contributed by atoms with Crippen molar-refractivity contribution in [3.63, 3.8) is 0 Å². The zero-order valence-electron chi connectivity index (χ0n) is 15.9. The summed E-state index contributed by atoms with van der Waals surface area (Å²) in [6, 6.07) is 5.50. The van der Waals surface area contributed by atoms with Gasteiger partial charge in [-0.05, 0) is 30.0 Å². The largest absolute Gasteiger partial charge is 0.346 e. The Kier molecular flexibility index (Phi) is 7.93. The highest BCUT2D eigenvalue weighted by atomic mass is 32.2. The summed E-state index contributed by atoms with van der Waals surface area (Å²) in [4.78, 5) is 26.4. The van der Waals surface area contributed by atoms with Crippen molar-refractivity contribution in [1.29, 1.82) is 0 Å². The number of carbonyl (C=O) groups is 2. The van der Waals surface area contributed by atoms with E-state index in [1.165, 1.54) is 17.1 Å². The molecule has 0 aliphatic carbocycles. The van der Waals surface area contributed by atoms with E-state index in [4.69, 9.17) is 5.73 Å². The van der Waals surface area contributed by atoms with Crippen molar-refractivity contribution in [2.24, 2.45) is 11.7 Å². The van der Waals surface area contributed by atoms with Gasteiger partial charge in [-0.25, -0.2) is 0 Å². The highest BCUT2D eigenvalue weighted by molar-refractivity contribution is 7.99. The second-order valence-electron chi connectivity index (χ2n) is 7.07. The molecule has 1 aliphatic rings. The van der Waals surface area contributed by atoms with Gasteiger partial charge in [0.1, 0.15) is 0 Å². The predicted molar refractivity (Wildman–Crippen MR) is 108 cm³/mol. The standard InChI is InChI=1S/C19H30N4O2S/c1-13(2)18(20)19(25)21-11-17(24)22-16-5-4-15(10-14(16)3)12-23-6-8-26-9-7-23/h4-5,10,13,18H,6-9,11-12,20H2,1-3H3,(H,21,25)(H,22,24)/t18-/m0/s1. The van der Waals surface area contributed by atoms with Gasteiger partial charge in [0.25, 0.3) is 0 Å². The maximum absolute atomic E-state index is 12.1. The van der Waals surface area contributed by atoms with E-state index in [9.17, 15) is 9.59 Å². The van der Waals surface area contributed by atoms with E-state index in [1.54, 1.807) is 0 Å². The van der Waals surface area contributed by atoms with Crippen LogP contribution in [0.3, 0.4) is 0 Å². The monoisotopic (exact) mass is 378 g/mol. The highest BCUT2D eigenvalue weighted by Crippen LogP contribution is 2.19. The van der Waals surface area contributed by atoms with Crippen molar-refractivity contribution in [3.8, 4) is 0 Å². The first-order chi connectivity index (χ1) is 12.4. The van der Waals surface area contributed by atoms with Crippen LogP contribution in [0, 0.1) is 12.8 Å². The minimum Gasteiger partial charge on any atom is -0.346 e. The lowest BCUT2D eigenvalue weighted by atomic mass is 10.1. The Bertz CT molecular complexity index is 630. The van der Waals surface area contributed by atoms with Crippen LogP contribution in [0.2, 0.25) is 0 Å². The average molecular weight is 379 g/mol. The molecule has 1 saturated heterocycles. The summed E-state index contributed by atoms with van der Waals surface area (Å²) in [5.41, 5.74) is 8.81. The number of carbonyl (C=O) groups excluding carboxylic acids is 2. The topological polar surface area (TPSA) is 87.5 Å². The van der Waals surface area contributed by atoms with E-state index in [2.05, 4.69) is 27.7 Å². The first-order valence-electron chi connectivity index (χ1n) is 9.09. The van der Waals surface area contributed by atoms with Crippen molar-refractivity contribution in [2.75, 3.05) is 36.5 Å². The summed E-state index contributed by atoms with van der Waals surface area (Å²) in [6.07, 6.45) is 0. The molecule has 1 heterocycles. The molecular formula is C19H30N4O2S. The molecule has 0 bridgehead atoms. The third-order valence-electron chi connectivity index (χ3n) is 4.52. The van der Waals surface area contributed by atoms with Crippen LogP contribution < -0.4 is 16.4 Å². The normalized spacial score (nSPS) is 16.3. The summed E-state index contributed by atoms with van der Waals surface area (Å²) in [7, 11) is 0. The number of thioether (sulfide) groups is 1. The molecule has 0 spiro atoms. The van der Waals surface area contributed by atoms with Crippen LogP contribution in [0.5, 0.6) is 0 Å². The second-order valence-corrected chi connectivity index (χ2v) is 8.30. The first kappa shape index (κ1) is 20.7. The second kappa shape index (κ2) is 9.94. The number of hydrogen-bond acceptors (Lipinski definition) is 5. The number of hydrogen-bond donors (Lipinski definition) is 3. The third kappa shape index (κ3) is 6.30. The third-order valence-corrected chi connectivity index (χ3v) is 5.46. The molecule has 4 N–H and O–H groups in total. The number of amides is 2. The molecule has 26 heavy (non-hydrogen) atoms. The van der Waals surface area contributed by atoms with Crippen LogP contribution in [-0.4, -0.2) is 53.9 Å². The molecule has 144 valence electrons.